The van der Waals surface area contributed by atoms with Crippen LogP contribution in [0.3, 0.4) is 0 Å². The van der Waals surface area contributed by atoms with Gasteiger partial charge in [0, 0.05) is 34.2 Å². The minimum Gasteiger partial charge on any atom is -0.497 e. The predicted octanol–water partition coefficient (Wildman–Crippen LogP) is 4.83. The summed E-state index contributed by atoms with van der Waals surface area (Å²) in [6.07, 6.45) is 2.71. The molecular weight excluding hydrogens is 406 g/mol. The Hall–Kier alpha value is -3.67. The first kappa shape index (κ1) is 20.2. The number of hydrogen-bond donors (Lipinski definition) is 0. The van der Waals surface area contributed by atoms with E-state index in [4.69, 9.17) is 18.9 Å². The largest absolute Gasteiger partial charge is 0.497 e. The molecule has 1 unspecified atom stereocenters. The molecule has 0 spiro atoms. The maximum absolute atomic E-state index is 13.4. The number of aryl methyl sites for hydroxylation is 1. The highest BCUT2D eigenvalue weighted by molar-refractivity contribution is 6.05. The van der Waals surface area contributed by atoms with E-state index in [2.05, 4.69) is 6.92 Å². The number of carbonyl (C=O) groups is 1. The number of para-hydroxylation sites is 1. The number of aromatic nitrogens is 1. The molecule has 0 aliphatic heterocycles. The molecule has 1 atom stereocenters. The molecule has 0 saturated carbocycles. The molecule has 0 fully saturated rings. The summed E-state index contributed by atoms with van der Waals surface area (Å²) >= 11 is 0. The Morgan fingerprint density at radius 2 is 2.00 bits per heavy atom. The molecule has 1 aliphatic carbocycles. The fourth-order valence-electron chi connectivity index (χ4n) is 4.47. The van der Waals surface area contributed by atoms with Crippen LogP contribution in [0.4, 0.5) is 0 Å². The second kappa shape index (κ2) is 8.11. The normalized spacial score (nSPS) is 15.5. The Morgan fingerprint density at radius 3 is 2.84 bits per heavy atom. The lowest BCUT2D eigenvalue weighted by atomic mass is 9.84. The van der Waals surface area contributed by atoms with Crippen LogP contribution in [0.25, 0.3) is 21.9 Å². The Kier molecular flexibility index (Phi) is 5.13. The summed E-state index contributed by atoms with van der Waals surface area (Å²) in [7, 11) is 1.55. The highest BCUT2D eigenvalue weighted by Crippen LogP contribution is 2.32. The number of methoxy groups -OCH3 is 1. The molecule has 5 rings (SSSR count). The van der Waals surface area contributed by atoms with Crippen molar-refractivity contribution in [2.45, 2.75) is 32.8 Å². The van der Waals surface area contributed by atoms with Gasteiger partial charge in [0.2, 0.25) is 0 Å². The van der Waals surface area contributed by atoms with Gasteiger partial charge < -0.3 is 13.9 Å². The van der Waals surface area contributed by atoms with Crippen molar-refractivity contribution in [1.82, 2.24) is 4.98 Å². The maximum Gasteiger partial charge on any atom is 0.339 e. The van der Waals surface area contributed by atoms with Crippen LogP contribution < -0.4 is 10.4 Å². The first-order valence-corrected chi connectivity index (χ1v) is 10.7. The monoisotopic (exact) mass is 429 g/mol. The van der Waals surface area contributed by atoms with Crippen LogP contribution in [-0.2, 0) is 24.2 Å². The van der Waals surface area contributed by atoms with Gasteiger partial charge in [0.15, 0.2) is 0 Å². The van der Waals surface area contributed by atoms with Crippen LogP contribution in [0.2, 0.25) is 0 Å². The van der Waals surface area contributed by atoms with E-state index < -0.39 is 11.6 Å². The second-order valence-corrected chi connectivity index (χ2v) is 8.31. The molecule has 0 amide bonds. The van der Waals surface area contributed by atoms with E-state index >= 15 is 0 Å². The molecule has 2 heterocycles. The minimum atomic E-state index is -0.502. The Bertz CT molecular complexity index is 1410. The van der Waals surface area contributed by atoms with Crippen LogP contribution in [0.5, 0.6) is 5.75 Å². The molecule has 4 aromatic rings. The van der Waals surface area contributed by atoms with Gasteiger partial charge >= 0.3 is 11.6 Å². The van der Waals surface area contributed by atoms with Crippen LogP contribution in [0.15, 0.2) is 57.7 Å². The van der Waals surface area contributed by atoms with Crippen LogP contribution in [-0.4, -0.2) is 18.1 Å². The van der Waals surface area contributed by atoms with Gasteiger partial charge in [-0.15, -0.1) is 0 Å². The van der Waals surface area contributed by atoms with Crippen LogP contribution in [0.1, 0.15) is 40.5 Å². The molecule has 32 heavy (non-hydrogen) atoms. The first-order valence-electron chi connectivity index (χ1n) is 10.7. The summed E-state index contributed by atoms with van der Waals surface area (Å²) in [4.78, 5) is 30.2. The number of pyridine rings is 1. The van der Waals surface area contributed by atoms with Crippen molar-refractivity contribution < 1.29 is 18.7 Å². The zero-order valence-corrected chi connectivity index (χ0v) is 18.0. The summed E-state index contributed by atoms with van der Waals surface area (Å²) in [6, 6.07) is 14.3. The van der Waals surface area contributed by atoms with Gasteiger partial charge in [-0.1, -0.05) is 25.1 Å². The van der Waals surface area contributed by atoms with E-state index in [0.717, 1.165) is 41.4 Å². The number of fused-ring (bicyclic) bond motifs is 3. The molecule has 0 bridgehead atoms. The third kappa shape index (κ3) is 3.62. The van der Waals surface area contributed by atoms with E-state index in [-0.39, 0.29) is 6.61 Å². The number of carbonyl (C=O) groups excluding carboxylic acids is 1. The summed E-state index contributed by atoms with van der Waals surface area (Å²) in [5.41, 5.74) is 3.83. The van der Waals surface area contributed by atoms with Gasteiger partial charge in [-0.3, -0.25) is 4.98 Å². The summed E-state index contributed by atoms with van der Waals surface area (Å²) in [5.74, 6) is 0.664. The fourth-order valence-corrected chi connectivity index (χ4v) is 4.47. The minimum absolute atomic E-state index is 0.0335. The van der Waals surface area contributed by atoms with Crippen molar-refractivity contribution >= 4 is 27.8 Å². The van der Waals surface area contributed by atoms with Crippen LogP contribution >= 0.6 is 0 Å². The lowest BCUT2D eigenvalue weighted by Gasteiger charge is -2.24. The number of rotatable bonds is 4. The highest BCUT2D eigenvalue weighted by atomic mass is 16.5. The molecule has 2 aromatic carbocycles. The van der Waals surface area contributed by atoms with Crippen molar-refractivity contribution in [3.8, 4) is 5.75 Å². The Balaban J connectivity index is 1.53. The van der Waals surface area contributed by atoms with Gasteiger partial charge in [-0.2, -0.15) is 0 Å². The average molecular weight is 429 g/mol. The molecular formula is C26H23NO5. The second-order valence-electron chi connectivity index (χ2n) is 8.31. The maximum atomic E-state index is 13.4. The SMILES string of the molecule is COc1ccc2c(COC(=O)c3c4c(nc5ccccc35)CCC(C)C4)cc(=O)oc2c1. The molecule has 2 aromatic heterocycles. The molecule has 0 saturated heterocycles. The van der Waals surface area contributed by atoms with Gasteiger partial charge in [-0.25, -0.2) is 9.59 Å². The van der Waals surface area contributed by atoms with E-state index in [1.54, 1.807) is 25.3 Å². The summed E-state index contributed by atoms with van der Waals surface area (Å²) < 4.78 is 16.3. The zero-order chi connectivity index (χ0) is 22.2. The number of ether oxygens (including phenoxy) is 2. The van der Waals surface area contributed by atoms with Crippen molar-refractivity contribution in [2.24, 2.45) is 5.92 Å². The fraction of sp³-hybridized carbons (Fsp3) is 0.269. The van der Waals surface area contributed by atoms with E-state index in [1.807, 2.05) is 24.3 Å². The van der Waals surface area contributed by atoms with Crippen molar-refractivity contribution in [3.05, 3.63) is 81.3 Å². The number of benzene rings is 2. The number of hydrogen-bond acceptors (Lipinski definition) is 6. The topological polar surface area (TPSA) is 78.6 Å². The van der Waals surface area contributed by atoms with Crippen molar-refractivity contribution in [3.63, 3.8) is 0 Å². The van der Waals surface area contributed by atoms with Gasteiger partial charge in [-0.05, 0) is 48.9 Å². The molecule has 0 N–H and O–H groups in total. The summed E-state index contributed by atoms with van der Waals surface area (Å²) in [5, 5.41) is 1.50. The molecule has 0 radical (unpaired) electrons. The molecule has 162 valence electrons. The van der Waals surface area contributed by atoms with Gasteiger partial charge in [0.1, 0.15) is 17.9 Å². The molecule has 6 heteroatoms. The van der Waals surface area contributed by atoms with Crippen LogP contribution in [0, 0.1) is 5.92 Å². The predicted molar refractivity (Wildman–Crippen MR) is 121 cm³/mol. The number of esters is 1. The van der Waals surface area contributed by atoms with Crippen molar-refractivity contribution in [2.75, 3.05) is 7.11 Å². The third-order valence-electron chi connectivity index (χ3n) is 6.11. The molecule has 6 nitrogen and oxygen atoms in total. The first-order chi connectivity index (χ1) is 15.5. The zero-order valence-electron chi connectivity index (χ0n) is 18.0. The third-order valence-corrected chi connectivity index (χ3v) is 6.11. The Labute approximate surface area is 184 Å². The van der Waals surface area contributed by atoms with Crippen molar-refractivity contribution in [1.29, 1.82) is 0 Å². The van der Waals surface area contributed by atoms with E-state index in [0.29, 0.717) is 33.8 Å². The smallest absolute Gasteiger partial charge is 0.339 e. The quantitative estimate of drug-likeness (QED) is 0.341. The van der Waals surface area contributed by atoms with E-state index in [1.165, 1.54) is 6.07 Å². The average Bonchev–Trinajstić information content (AvgIpc) is 2.80. The van der Waals surface area contributed by atoms with E-state index in [9.17, 15) is 9.59 Å². The lowest BCUT2D eigenvalue weighted by molar-refractivity contribution is 0.0474. The Morgan fingerprint density at radius 1 is 1.16 bits per heavy atom. The van der Waals surface area contributed by atoms with Gasteiger partial charge in [0.25, 0.3) is 0 Å². The standard InChI is InChI=1S/C26H23NO5/c1-15-7-10-22-20(11-15)25(19-5-3-4-6-21(19)27-22)26(29)31-14-16-12-24(28)32-23-13-17(30-2)8-9-18(16)23/h3-6,8-9,12-13,15H,7,10-11,14H2,1-2H3. The molecule has 1 aliphatic rings. The summed E-state index contributed by atoms with van der Waals surface area (Å²) in [6.45, 7) is 2.16. The number of nitrogens with zero attached hydrogens (tertiary/aromatic N) is 1. The lowest BCUT2D eigenvalue weighted by Crippen LogP contribution is -2.19. The van der Waals surface area contributed by atoms with Gasteiger partial charge in [0.05, 0.1) is 18.2 Å². The highest BCUT2D eigenvalue weighted by Gasteiger charge is 2.26.